The first-order chi connectivity index (χ1) is 10.0. The van der Waals surface area contributed by atoms with Gasteiger partial charge in [0.15, 0.2) is 0 Å². The van der Waals surface area contributed by atoms with E-state index in [1.54, 1.807) is 13.3 Å². The van der Waals surface area contributed by atoms with Crippen LogP contribution in [0.3, 0.4) is 0 Å². The highest BCUT2D eigenvalue weighted by Gasteiger charge is 2.17. The van der Waals surface area contributed by atoms with Crippen LogP contribution in [0.4, 0.5) is 5.69 Å². The molecule has 7 heteroatoms. The molecule has 0 spiro atoms. The quantitative estimate of drug-likeness (QED) is 0.755. The van der Waals surface area contributed by atoms with Gasteiger partial charge in [0.1, 0.15) is 5.02 Å². The van der Waals surface area contributed by atoms with Gasteiger partial charge in [-0.25, -0.2) is 4.68 Å². The van der Waals surface area contributed by atoms with Crippen molar-refractivity contribution in [1.82, 2.24) is 9.78 Å². The van der Waals surface area contributed by atoms with Crippen LogP contribution in [0.15, 0.2) is 11.0 Å². The van der Waals surface area contributed by atoms with Gasteiger partial charge in [-0.05, 0) is 12.8 Å². The second-order valence-corrected chi connectivity index (χ2v) is 5.43. The van der Waals surface area contributed by atoms with E-state index in [9.17, 15) is 4.79 Å². The number of rotatable bonds is 9. The summed E-state index contributed by atoms with van der Waals surface area (Å²) in [4.78, 5) is 12.1. The molecule has 120 valence electrons. The van der Waals surface area contributed by atoms with Crippen LogP contribution in [-0.4, -0.2) is 42.8 Å². The summed E-state index contributed by atoms with van der Waals surface area (Å²) >= 11 is 6.14. The first-order valence-electron chi connectivity index (χ1n) is 7.10. The Morgan fingerprint density at radius 1 is 1.48 bits per heavy atom. The van der Waals surface area contributed by atoms with E-state index >= 15 is 0 Å². The van der Waals surface area contributed by atoms with Crippen molar-refractivity contribution in [2.75, 3.05) is 32.2 Å². The summed E-state index contributed by atoms with van der Waals surface area (Å²) in [7, 11) is 1.57. The van der Waals surface area contributed by atoms with Gasteiger partial charge in [-0.3, -0.25) is 4.79 Å². The SMILES string of the molecule is CCOCC(Nc1cnn(CCOC)c(=O)c1Cl)C(C)C. The topological polar surface area (TPSA) is 65.4 Å². The van der Waals surface area contributed by atoms with Gasteiger partial charge >= 0.3 is 0 Å². The van der Waals surface area contributed by atoms with Gasteiger partial charge in [0, 0.05) is 13.7 Å². The summed E-state index contributed by atoms with van der Waals surface area (Å²) in [6.07, 6.45) is 1.57. The number of ether oxygens (including phenoxy) is 2. The number of aromatic nitrogens is 2. The van der Waals surface area contributed by atoms with Gasteiger partial charge in [-0.1, -0.05) is 25.4 Å². The number of methoxy groups -OCH3 is 1. The summed E-state index contributed by atoms with van der Waals surface area (Å²) in [5.41, 5.74) is 0.214. The number of halogens is 1. The molecule has 1 aromatic rings. The Bertz CT molecular complexity index is 491. The van der Waals surface area contributed by atoms with Crippen LogP contribution in [0.2, 0.25) is 5.02 Å². The molecule has 0 amide bonds. The molecule has 0 fully saturated rings. The lowest BCUT2D eigenvalue weighted by atomic mass is 10.1. The molecule has 0 saturated carbocycles. The number of nitrogens with one attached hydrogen (secondary N) is 1. The lowest BCUT2D eigenvalue weighted by Gasteiger charge is -2.23. The summed E-state index contributed by atoms with van der Waals surface area (Å²) in [6, 6.07) is 0.0680. The summed E-state index contributed by atoms with van der Waals surface area (Å²) in [6.45, 7) is 8.10. The fraction of sp³-hybridized carbons (Fsp3) is 0.714. The Hall–Kier alpha value is -1.11. The van der Waals surface area contributed by atoms with Crippen LogP contribution in [0.1, 0.15) is 20.8 Å². The van der Waals surface area contributed by atoms with Crippen LogP contribution in [0.25, 0.3) is 0 Å². The van der Waals surface area contributed by atoms with Crippen LogP contribution < -0.4 is 10.9 Å². The molecular formula is C14H24ClN3O3. The molecule has 0 aromatic carbocycles. The lowest BCUT2D eigenvalue weighted by molar-refractivity contribution is 0.127. The third-order valence-corrected chi connectivity index (χ3v) is 3.50. The van der Waals surface area contributed by atoms with Gasteiger partial charge in [0.2, 0.25) is 0 Å². The van der Waals surface area contributed by atoms with E-state index in [0.29, 0.717) is 38.0 Å². The molecule has 0 aliphatic rings. The predicted octanol–water partition coefficient (Wildman–Crippen LogP) is 2.02. The van der Waals surface area contributed by atoms with Crippen LogP contribution in [0.5, 0.6) is 0 Å². The van der Waals surface area contributed by atoms with Gasteiger partial charge in [0.05, 0.1) is 37.7 Å². The van der Waals surface area contributed by atoms with Crippen molar-refractivity contribution >= 4 is 17.3 Å². The van der Waals surface area contributed by atoms with Gasteiger partial charge < -0.3 is 14.8 Å². The number of hydrogen-bond acceptors (Lipinski definition) is 5. The van der Waals surface area contributed by atoms with E-state index in [1.165, 1.54) is 4.68 Å². The van der Waals surface area contributed by atoms with Crippen molar-refractivity contribution in [3.8, 4) is 0 Å². The maximum Gasteiger partial charge on any atom is 0.287 e. The second-order valence-electron chi connectivity index (χ2n) is 5.05. The van der Waals surface area contributed by atoms with Crippen molar-refractivity contribution in [3.63, 3.8) is 0 Å². The number of nitrogens with zero attached hydrogens (tertiary/aromatic N) is 2. The van der Waals surface area contributed by atoms with Gasteiger partial charge in [-0.2, -0.15) is 5.10 Å². The Labute approximate surface area is 130 Å². The van der Waals surface area contributed by atoms with Crippen molar-refractivity contribution in [2.45, 2.75) is 33.4 Å². The number of hydrogen-bond donors (Lipinski definition) is 1. The third-order valence-electron chi connectivity index (χ3n) is 3.14. The van der Waals surface area contributed by atoms with Crippen molar-refractivity contribution < 1.29 is 9.47 Å². The molecule has 0 saturated heterocycles. The molecule has 1 unspecified atom stereocenters. The van der Waals surface area contributed by atoms with Gasteiger partial charge in [-0.15, -0.1) is 0 Å². The molecule has 1 aromatic heterocycles. The van der Waals surface area contributed by atoms with Crippen LogP contribution in [0, 0.1) is 5.92 Å². The maximum atomic E-state index is 12.1. The average molecular weight is 318 g/mol. The van der Waals surface area contributed by atoms with Crippen molar-refractivity contribution in [2.24, 2.45) is 5.92 Å². The Kier molecular flexibility index (Phi) is 7.71. The standard InChI is InChI=1S/C14H24ClN3O3/c1-5-21-9-12(10(2)3)17-11-8-16-18(6-7-20-4)14(19)13(11)15/h8,10,12,17H,5-7,9H2,1-4H3. The summed E-state index contributed by atoms with van der Waals surface area (Å²) in [5.74, 6) is 0.337. The van der Waals surface area contributed by atoms with E-state index in [1.807, 2.05) is 6.92 Å². The van der Waals surface area contributed by atoms with Crippen molar-refractivity contribution in [1.29, 1.82) is 0 Å². The molecule has 0 bridgehead atoms. The minimum absolute atomic E-state index is 0.0680. The van der Waals surface area contributed by atoms with Crippen molar-refractivity contribution in [3.05, 3.63) is 21.6 Å². The molecule has 6 nitrogen and oxygen atoms in total. The van der Waals surface area contributed by atoms with Gasteiger partial charge in [0.25, 0.3) is 5.56 Å². The first kappa shape index (κ1) is 17.9. The normalized spacial score (nSPS) is 12.7. The third kappa shape index (κ3) is 5.30. The minimum atomic E-state index is -0.322. The summed E-state index contributed by atoms with van der Waals surface area (Å²) in [5, 5.41) is 7.49. The zero-order valence-corrected chi connectivity index (χ0v) is 13.8. The molecule has 0 aliphatic heterocycles. The molecule has 1 N–H and O–H groups in total. The second kappa shape index (κ2) is 9.02. The maximum absolute atomic E-state index is 12.1. The average Bonchev–Trinajstić information content (AvgIpc) is 2.46. The number of anilines is 1. The fourth-order valence-corrected chi connectivity index (χ4v) is 1.95. The Morgan fingerprint density at radius 3 is 2.76 bits per heavy atom. The summed E-state index contributed by atoms with van der Waals surface area (Å²) < 4.78 is 11.7. The monoisotopic (exact) mass is 317 g/mol. The predicted molar refractivity (Wildman–Crippen MR) is 84.1 cm³/mol. The largest absolute Gasteiger partial charge is 0.383 e. The van der Waals surface area contributed by atoms with E-state index < -0.39 is 0 Å². The molecule has 1 rings (SSSR count). The van der Waals surface area contributed by atoms with Crippen LogP contribution >= 0.6 is 11.6 Å². The smallest absolute Gasteiger partial charge is 0.287 e. The Morgan fingerprint density at radius 2 is 2.19 bits per heavy atom. The van der Waals surface area contributed by atoms with Crippen LogP contribution in [-0.2, 0) is 16.0 Å². The molecule has 1 heterocycles. The highest BCUT2D eigenvalue weighted by molar-refractivity contribution is 6.32. The van der Waals surface area contributed by atoms with E-state index in [4.69, 9.17) is 21.1 Å². The lowest BCUT2D eigenvalue weighted by Crippen LogP contribution is -2.33. The highest BCUT2D eigenvalue weighted by atomic mass is 35.5. The Balaban J connectivity index is 2.87. The molecule has 0 radical (unpaired) electrons. The zero-order chi connectivity index (χ0) is 15.8. The zero-order valence-electron chi connectivity index (χ0n) is 13.1. The molecule has 21 heavy (non-hydrogen) atoms. The fourth-order valence-electron chi connectivity index (χ4n) is 1.75. The van der Waals surface area contributed by atoms with E-state index in [-0.39, 0.29) is 16.6 Å². The molecule has 1 atom stereocenters. The molecular weight excluding hydrogens is 294 g/mol. The minimum Gasteiger partial charge on any atom is -0.383 e. The van der Waals surface area contributed by atoms with E-state index in [0.717, 1.165) is 0 Å². The van der Waals surface area contributed by atoms with E-state index in [2.05, 4.69) is 24.3 Å². The first-order valence-corrected chi connectivity index (χ1v) is 7.47. The highest BCUT2D eigenvalue weighted by Crippen LogP contribution is 2.19. The molecule has 0 aliphatic carbocycles.